The lowest BCUT2D eigenvalue weighted by Gasteiger charge is -2.21. The van der Waals surface area contributed by atoms with E-state index < -0.39 is 10.1 Å². The molecule has 0 fully saturated rings. The van der Waals surface area contributed by atoms with E-state index in [9.17, 15) is 13.2 Å². The zero-order chi connectivity index (χ0) is 19.8. The molecule has 0 aliphatic carbocycles. The lowest BCUT2D eigenvalue weighted by molar-refractivity contribution is 0.211. The van der Waals surface area contributed by atoms with Gasteiger partial charge in [-0.3, -0.25) is 4.18 Å². The number of carbonyl (C=O) groups excluding carboxylic acids is 1. The lowest BCUT2D eigenvalue weighted by atomic mass is 10.1. The van der Waals surface area contributed by atoms with E-state index >= 15 is 0 Å². The van der Waals surface area contributed by atoms with Gasteiger partial charge in [-0.2, -0.15) is 8.42 Å². The summed E-state index contributed by atoms with van der Waals surface area (Å²) in [5.74, 6) is 0.0832. The Morgan fingerprint density at radius 1 is 0.923 bits per heavy atom. The standard InChI is InChI=1S/C19H40N2O4S/c1-5-6-7-8-9-10-11-12-13-14-15-20-19(22)21-18(17(2)3)16-25-26(4,23)24/h17-18H,5-16H2,1-4H3,(H2,20,21,22)/t18-/m1/s1. The second-order valence-corrected chi connectivity index (χ2v) is 9.07. The summed E-state index contributed by atoms with van der Waals surface area (Å²) in [6.45, 7) is 6.67. The average Bonchev–Trinajstić information content (AvgIpc) is 2.55. The van der Waals surface area contributed by atoms with Crippen molar-refractivity contribution in [1.82, 2.24) is 10.6 Å². The van der Waals surface area contributed by atoms with Crippen molar-refractivity contribution in [1.29, 1.82) is 0 Å². The van der Waals surface area contributed by atoms with Crippen LogP contribution in [0.4, 0.5) is 4.79 Å². The molecule has 6 nitrogen and oxygen atoms in total. The van der Waals surface area contributed by atoms with Gasteiger partial charge in [0.05, 0.1) is 18.9 Å². The van der Waals surface area contributed by atoms with Crippen molar-refractivity contribution < 1.29 is 17.4 Å². The Labute approximate surface area is 161 Å². The molecule has 7 heteroatoms. The van der Waals surface area contributed by atoms with Crippen LogP contribution < -0.4 is 10.6 Å². The summed E-state index contributed by atoms with van der Waals surface area (Å²) in [7, 11) is -3.50. The quantitative estimate of drug-likeness (QED) is 0.304. The van der Waals surface area contributed by atoms with Gasteiger partial charge >= 0.3 is 6.03 Å². The third kappa shape index (κ3) is 16.6. The number of urea groups is 1. The normalized spacial score (nSPS) is 13.0. The first-order chi connectivity index (χ1) is 12.3. The number of hydrogen-bond acceptors (Lipinski definition) is 4. The van der Waals surface area contributed by atoms with Gasteiger partial charge in [0.2, 0.25) is 0 Å². The van der Waals surface area contributed by atoms with Crippen LogP contribution in [0.15, 0.2) is 0 Å². The van der Waals surface area contributed by atoms with Crippen molar-refractivity contribution in [2.45, 2.75) is 91.0 Å². The van der Waals surface area contributed by atoms with Crippen molar-refractivity contribution in [3.05, 3.63) is 0 Å². The molecule has 0 saturated heterocycles. The van der Waals surface area contributed by atoms with Gasteiger partial charge < -0.3 is 10.6 Å². The molecule has 1 atom stereocenters. The summed E-state index contributed by atoms with van der Waals surface area (Å²) >= 11 is 0. The number of rotatable bonds is 16. The molecule has 2 amide bonds. The molecule has 0 heterocycles. The minimum absolute atomic E-state index is 0.0395. The molecule has 0 saturated carbocycles. The van der Waals surface area contributed by atoms with Crippen molar-refractivity contribution >= 4 is 16.1 Å². The minimum atomic E-state index is -3.50. The zero-order valence-corrected chi connectivity index (χ0v) is 18.0. The number of carbonyl (C=O) groups is 1. The van der Waals surface area contributed by atoms with Gasteiger partial charge in [0.25, 0.3) is 10.1 Å². The molecule has 0 aliphatic heterocycles. The number of amides is 2. The third-order valence-electron chi connectivity index (χ3n) is 4.40. The van der Waals surface area contributed by atoms with Crippen LogP contribution in [0.2, 0.25) is 0 Å². The van der Waals surface area contributed by atoms with Gasteiger partial charge in [-0.25, -0.2) is 4.79 Å². The maximum atomic E-state index is 11.9. The zero-order valence-electron chi connectivity index (χ0n) is 17.2. The molecule has 0 aromatic rings. The molecular weight excluding hydrogens is 352 g/mol. The van der Waals surface area contributed by atoms with Crippen LogP contribution in [0.1, 0.15) is 85.0 Å². The van der Waals surface area contributed by atoms with Gasteiger partial charge in [-0.1, -0.05) is 78.6 Å². The van der Waals surface area contributed by atoms with Gasteiger partial charge in [0, 0.05) is 6.54 Å². The Morgan fingerprint density at radius 2 is 1.42 bits per heavy atom. The molecule has 2 N–H and O–H groups in total. The molecule has 0 bridgehead atoms. The second kappa shape index (κ2) is 15.3. The van der Waals surface area contributed by atoms with Crippen LogP contribution in [-0.4, -0.2) is 39.9 Å². The molecule has 0 aliphatic rings. The highest BCUT2D eigenvalue weighted by atomic mass is 32.2. The van der Waals surface area contributed by atoms with Gasteiger partial charge in [0.1, 0.15) is 0 Å². The number of nitrogens with one attached hydrogen (secondary N) is 2. The van der Waals surface area contributed by atoms with E-state index in [4.69, 9.17) is 4.18 Å². The summed E-state index contributed by atoms with van der Waals surface area (Å²) in [6.07, 6.45) is 13.6. The van der Waals surface area contributed by atoms with Crippen LogP contribution in [0.3, 0.4) is 0 Å². The molecule has 0 radical (unpaired) electrons. The van der Waals surface area contributed by atoms with E-state index in [-0.39, 0.29) is 24.6 Å². The summed E-state index contributed by atoms with van der Waals surface area (Å²) < 4.78 is 27.0. The highest BCUT2D eigenvalue weighted by Gasteiger charge is 2.18. The fourth-order valence-corrected chi connectivity index (χ4v) is 3.03. The van der Waals surface area contributed by atoms with Crippen molar-refractivity contribution in [2.24, 2.45) is 5.92 Å². The molecule has 156 valence electrons. The van der Waals surface area contributed by atoms with E-state index in [1.54, 1.807) is 0 Å². The van der Waals surface area contributed by atoms with Crippen LogP contribution in [0.5, 0.6) is 0 Å². The fraction of sp³-hybridized carbons (Fsp3) is 0.947. The molecule has 0 aromatic heterocycles. The summed E-state index contributed by atoms with van der Waals surface area (Å²) in [5.41, 5.74) is 0. The third-order valence-corrected chi connectivity index (χ3v) is 4.96. The first kappa shape index (κ1) is 25.2. The SMILES string of the molecule is CCCCCCCCCCCCNC(=O)N[C@H](COS(C)(=O)=O)C(C)C. The summed E-state index contributed by atoms with van der Waals surface area (Å²) in [5, 5.41) is 5.62. The Hall–Kier alpha value is -0.820. The van der Waals surface area contributed by atoms with E-state index in [2.05, 4.69) is 17.6 Å². The fourth-order valence-electron chi connectivity index (χ4n) is 2.63. The van der Waals surface area contributed by atoms with Crippen LogP contribution in [0.25, 0.3) is 0 Å². The number of hydrogen-bond donors (Lipinski definition) is 2. The van der Waals surface area contributed by atoms with Crippen LogP contribution in [-0.2, 0) is 14.3 Å². The monoisotopic (exact) mass is 392 g/mol. The Bertz CT molecular complexity index is 452. The summed E-state index contributed by atoms with van der Waals surface area (Å²) in [6, 6.07) is -0.603. The molecule has 0 unspecified atom stereocenters. The lowest BCUT2D eigenvalue weighted by Crippen LogP contribution is -2.47. The summed E-state index contributed by atoms with van der Waals surface area (Å²) in [4.78, 5) is 11.9. The van der Waals surface area contributed by atoms with Crippen molar-refractivity contribution in [3.8, 4) is 0 Å². The minimum Gasteiger partial charge on any atom is -0.338 e. The van der Waals surface area contributed by atoms with Crippen molar-refractivity contribution in [3.63, 3.8) is 0 Å². The highest BCUT2D eigenvalue weighted by molar-refractivity contribution is 7.85. The van der Waals surface area contributed by atoms with Crippen LogP contribution >= 0.6 is 0 Å². The molecule has 0 rings (SSSR count). The maximum absolute atomic E-state index is 11.9. The topological polar surface area (TPSA) is 84.5 Å². The Kier molecular flexibility index (Phi) is 14.8. The highest BCUT2D eigenvalue weighted by Crippen LogP contribution is 2.10. The largest absolute Gasteiger partial charge is 0.338 e. The molecule has 26 heavy (non-hydrogen) atoms. The maximum Gasteiger partial charge on any atom is 0.315 e. The first-order valence-corrected chi connectivity index (χ1v) is 12.0. The Morgan fingerprint density at radius 3 is 1.88 bits per heavy atom. The average molecular weight is 393 g/mol. The molecule has 0 aromatic carbocycles. The molecule has 0 spiro atoms. The van der Waals surface area contributed by atoms with Crippen molar-refractivity contribution in [2.75, 3.05) is 19.4 Å². The smallest absolute Gasteiger partial charge is 0.315 e. The first-order valence-electron chi connectivity index (χ1n) is 10.1. The van der Waals surface area contributed by atoms with E-state index in [0.717, 1.165) is 19.1 Å². The van der Waals surface area contributed by atoms with E-state index in [1.165, 1.54) is 51.4 Å². The van der Waals surface area contributed by atoms with E-state index in [1.807, 2.05) is 13.8 Å². The second-order valence-electron chi connectivity index (χ2n) is 7.42. The van der Waals surface area contributed by atoms with Crippen LogP contribution in [0, 0.1) is 5.92 Å². The Balaban J connectivity index is 3.68. The van der Waals surface area contributed by atoms with Gasteiger partial charge in [-0.15, -0.1) is 0 Å². The predicted molar refractivity (Wildman–Crippen MR) is 108 cm³/mol. The van der Waals surface area contributed by atoms with Gasteiger partial charge in [0.15, 0.2) is 0 Å². The molecular formula is C19H40N2O4S. The predicted octanol–water partition coefficient (Wildman–Crippen LogP) is 4.21. The number of unbranched alkanes of at least 4 members (excludes halogenated alkanes) is 9. The van der Waals surface area contributed by atoms with E-state index in [0.29, 0.717) is 6.54 Å². The van der Waals surface area contributed by atoms with Gasteiger partial charge in [-0.05, 0) is 12.3 Å².